The summed E-state index contributed by atoms with van der Waals surface area (Å²) in [6.07, 6.45) is 0.783. The number of amidine groups is 1. The fraction of sp³-hybridized carbons (Fsp3) is 0.524. The van der Waals surface area contributed by atoms with Crippen LogP contribution in [0.3, 0.4) is 0 Å². The Hall–Kier alpha value is -1.86. The van der Waals surface area contributed by atoms with Crippen molar-refractivity contribution in [3.8, 4) is 0 Å². The van der Waals surface area contributed by atoms with Crippen molar-refractivity contribution in [1.29, 1.82) is 0 Å². The number of carbonyl (C=O) groups excluding carboxylic acids is 1. The van der Waals surface area contributed by atoms with Gasteiger partial charge in [-0.3, -0.25) is 10.1 Å². The van der Waals surface area contributed by atoms with Crippen LogP contribution in [-0.2, 0) is 14.2 Å². The first kappa shape index (κ1) is 23.3. The number of fused-ring (bicyclic) bond motifs is 1. The van der Waals surface area contributed by atoms with Crippen molar-refractivity contribution in [2.75, 3.05) is 19.8 Å². The number of halogens is 1. The van der Waals surface area contributed by atoms with Gasteiger partial charge in [0, 0.05) is 22.8 Å². The molecule has 2 fully saturated rings. The normalized spacial score (nSPS) is 30.8. The molecule has 11 heteroatoms. The third-order valence-corrected chi connectivity index (χ3v) is 5.86. The zero-order valence-corrected chi connectivity index (χ0v) is 19.4. The van der Waals surface area contributed by atoms with E-state index in [-0.39, 0.29) is 25.7 Å². The monoisotopic (exact) mass is 510 g/mol. The molecule has 0 spiro atoms. The van der Waals surface area contributed by atoms with Crippen molar-refractivity contribution in [1.82, 2.24) is 15.5 Å². The maximum absolute atomic E-state index is 12.6. The molecule has 0 bridgehead atoms. The molecule has 4 N–H and O–H groups in total. The average Bonchev–Trinajstić information content (AvgIpc) is 3.25. The summed E-state index contributed by atoms with van der Waals surface area (Å²) in [5.74, 6) is -0.727. The van der Waals surface area contributed by atoms with Crippen LogP contribution in [0.1, 0.15) is 24.2 Å². The lowest BCUT2D eigenvalue weighted by Gasteiger charge is -2.37. The van der Waals surface area contributed by atoms with Gasteiger partial charge in [0.05, 0.1) is 13.2 Å². The number of aliphatic hydroxyl groups excluding tert-OH is 2. The van der Waals surface area contributed by atoms with Gasteiger partial charge in [-0.15, -0.1) is 0 Å². The molecule has 3 aliphatic rings. The van der Waals surface area contributed by atoms with Gasteiger partial charge in [0.1, 0.15) is 24.1 Å². The summed E-state index contributed by atoms with van der Waals surface area (Å²) in [6, 6.07) is 7.00. The van der Waals surface area contributed by atoms with Crippen LogP contribution in [-0.4, -0.2) is 83.2 Å². The molecule has 1 aromatic carbocycles. The average molecular weight is 511 g/mol. The fourth-order valence-electron chi connectivity index (χ4n) is 3.96. The third-order valence-electron chi connectivity index (χ3n) is 5.33. The van der Waals surface area contributed by atoms with Gasteiger partial charge in [0.2, 0.25) is 0 Å². The molecule has 3 aliphatic heterocycles. The molecule has 0 saturated carbocycles. The molecule has 4 rings (SSSR count). The number of carbonyl (C=O) groups is 1. The zero-order valence-electron chi connectivity index (χ0n) is 17.8. The second-order valence-electron chi connectivity index (χ2n) is 8.10. The minimum absolute atomic E-state index is 0.0896. The number of aliphatic hydroxyl groups is 2. The SMILES string of the molecule is CC1(C)O[C@@H]2[C@H](O1)[C@@H](CO)O[C@H]2N1C=CC(NC(=O)c2ccc(Br)cc2)=NC1NCCO. The largest absolute Gasteiger partial charge is 0.395 e. The Morgan fingerprint density at radius 2 is 1.94 bits per heavy atom. The molecule has 174 valence electrons. The summed E-state index contributed by atoms with van der Waals surface area (Å²) >= 11 is 3.35. The predicted octanol–water partition coefficient (Wildman–Crippen LogP) is 0.509. The molecule has 3 heterocycles. The fourth-order valence-corrected chi connectivity index (χ4v) is 4.22. The van der Waals surface area contributed by atoms with Crippen LogP contribution in [0.5, 0.6) is 0 Å². The van der Waals surface area contributed by atoms with Crippen molar-refractivity contribution in [2.24, 2.45) is 4.99 Å². The Morgan fingerprint density at radius 3 is 2.62 bits per heavy atom. The highest BCUT2D eigenvalue weighted by Crippen LogP contribution is 2.40. The van der Waals surface area contributed by atoms with Crippen molar-refractivity contribution in [3.05, 3.63) is 46.6 Å². The van der Waals surface area contributed by atoms with Gasteiger partial charge in [-0.25, -0.2) is 4.99 Å². The maximum atomic E-state index is 12.6. The number of rotatable bonds is 6. The summed E-state index contributed by atoms with van der Waals surface area (Å²) < 4.78 is 18.9. The number of hydrogen-bond acceptors (Lipinski definition) is 9. The quantitative estimate of drug-likeness (QED) is 0.436. The third kappa shape index (κ3) is 4.88. The lowest BCUT2D eigenvalue weighted by atomic mass is 10.1. The Balaban J connectivity index is 1.51. The highest BCUT2D eigenvalue weighted by atomic mass is 79.9. The minimum Gasteiger partial charge on any atom is -0.395 e. The molecule has 32 heavy (non-hydrogen) atoms. The second kappa shape index (κ2) is 9.56. The van der Waals surface area contributed by atoms with Gasteiger partial charge in [0.15, 0.2) is 18.3 Å². The van der Waals surface area contributed by atoms with Crippen molar-refractivity contribution >= 4 is 27.7 Å². The molecule has 0 aromatic heterocycles. The summed E-state index contributed by atoms with van der Waals surface area (Å²) in [7, 11) is 0. The van der Waals surface area contributed by atoms with E-state index in [1.807, 2.05) is 13.8 Å². The van der Waals surface area contributed by atoms with Crippen LogP contribution in [0.4, 0.5) is 0 Å². The first-order valence-corrected chi connectivity index (χ1v) is 11.2. The number of aliphatic imine (C=N–C) groups is 1. The van der Waals surface area contributed by atoms with Gasteiger partial charge in [-0.1, -0.05) is 15.9 Å². The van der Waals surface area contributed by atoms with Gasteiger partial charge >= 0.3 is 0 Å². The summed E-state index contributed by atoms with van der Waals surface area (Å²) in [4.78, 5) is 19.0. The van der Waals surface area contributed by atoms with Crippen LogP contribution in [0.25, 0.3) is 0 Å². The first-order chi connectivity index (χ1) is 15.3. The molecule has 0 aliphatic carbocycles. The molecule has 5 atom stereocenters. The topological polar surface area (TPSA) is 125 Å². The van der Waals surface area contributed by atoms with E-state index in [1.165, 1.54) is 0 Å². The number of amides is 1. The number of nitrogens with zero attached hydrogens (tertiary/aromatic N) is 2. The predicted molar refractivity (Wildman–Crippen MR) is 118 cm³/mol. The van der Waals surface area contributed by atoms with E-state index in [2.05, 4.69) is 31.6 Å². The second-order valence-corrected chi connectivity index (χ2v) is 9.02. The Bertz CT molecular complexity index is 893. The highest BCUT2D eigenvalue weighted by molar-refractivity contribution is 9.10. The Labute approximate surface area is 194 Å². The van der Waals surface area contributed by atoms with Crippen LogP contribution in [0.15, 0.2) is 46.0 Å². The lowest BCUT2D eigenvalue weighted by molar-refractivity contribution is -0.208. The molecule has 0 radical (unpaired) electrons. The Morgan fingerprint density at radius 1 is 1.22 bits per heavy atom. The molecule has 2 saturated heterocycles. The Kier molecular flexibility index (Phi) is 6.96. The van der Waals surface area contributed by atoms with Crippen LogP contribution in [0, 0.1) is 0 Å². The number of hydrogen-bond donors (Lipinski definition) is 4. The van der Waals surface area contributed by atoms with Crippen molar-refractivity contribution in [3.63, 3.8) is 0 Å². The molecular weight excluding hydrogens is 484 g/mol. The van der Waals surface area contributed by atoms with Crippen LogP contribution < -0.4 is 10.6 Å². The maximum Gasteiger partial charge on any atom is 0.256 e. The minimum atomic E-state index is -0.800. The van der Waals surface area contributed by atoms with E-state index in [9.17, 15) is 15.0 Å². The molecule has 1 unspecified atom stereocenters. The zero-order chi connectivity index (χ0) is 22.9. The molecular formula is C21H27BrN4O6. The van der Waals surface area contributed by atoms with Crippen LogP contribution >= 0.6 is 15.9 Å². The first-order valence-electron chi connectivity index (χ1n) is 10.4. The van der Waals surface area contributed by atoms with E-state index in [1.54, 1.807) is 41.4 Å². The summed E-state index contributed by atoms with van der Waals surface area (Å²) in [5, 5.41) is 25.0. The van der Waals surface area contributed by atoms with E-state index >= 15 is 0 Å². The van der Waals surface area contributed by atoms with Gasteiger partial charge in [0.25, 0.3) is 5.91 Å². The van der Waals surface area contributed by atoms with Crippen molar-refractivity contribution in [2.45, 2.75) is 50.5 Å². The summed E-state index contributed by atoms with van der Waals surface area (Å²) in [5.41, 5.74) is 0.498. The molecule has 1 aromatic rings. The van der Waals surface area contributed by atoms with Gasteiger partial charge in [-0.2, -0.15) is 0 Å². The van der Waals surface area contributed by atoms with Crippen molar-refractivity contribution < 1.29 is 29.2 Å². The van der Waals surface area contributed by atoms with Gasteiger partial charge in [-0.05, 0) is 44.2 Å². The van der Waals surface area contributed by atoms with Crippen LogP contribution in [0.2, 0.25) is 0 Å². The van der Waals surface area contributed by atoms with Gasteiger partial charge < -0.3 is 34.6 Å². The highest BCUT2D eigenvalue weighted by Gasteiger charge is 2.57. The van der Waals surface area contributed by atoms with E-state index < -0.39 is 36.6 Å². The van der Waals surface area contributed by atoms with E-state index in [0.717, 1.165) is 4.47 Å². The molecule has 1 amide bonds. The number of nitrogens with one attached hydrogen (secondary N) is 2. The standard InChI is InChI=1S/C21H27BrN4O6/c1-21(2)31-16-14(11-28)30-19(17(16)32-21)26-9-7-15(25-20(26)23-8-10-27)24-18(29)12-3-5-13(22)6-4-12/h3-7,9,14,16-17,19-20,23,27-28H,8,10-11H2,1-2H3,(H,24,25,29)/t14-,16-,17-,19-,20?/m1/s1. The lowest BCUT2D eigenvalue weighted by Crippen LogP contribution is -2.54. The van der Waals surface area contributed by atoms with E-state index in [0.29, 0.717) is 11.4 Å². The van der Waals surface area contributed by atoms with E-state index in [4.69, 9.17) is 14.2 Å². The molecule has 10 nitrogen and oxygen atoms in total. The smallest absolute Gasteiger partial charge is 0.256 e. The summed E-state index contributed by atoms with van der Waals surface area (Å²) in [6.45, 7) is 3.62. The number of benzene rings is 1. The number of ether oxygens (including phenoxy) is 3.